The van der Waals surface area contributed by atoms with Crippen LogP contribution in [0.4, 0.5) is 5.13 Å². The largest absolute Gasteiger partial charge is 0.329 e. The number of aromatic nitrogens is 1. The maximum absolute atomic E-state index is 13.7. The zero-order valence-corrected chi connectivity index (χ0v) is 17.4. The van der Waals surface area contributed by atoms with E-state index in [1.165, 1.54) is 30.6 Å². The van der Waals surface area contributed by atoms with Gasteiger partial charge in [0.1, 0.15) is 0 Å². The van der Waals surface area contributed by atoms with E-state index in [0.717, 1.165) is 44.1 Å². The second-order valence-corrected chi connectivity index (χ2v) is 9.52. The molecule has 2 amide bonds. The molecule has 2 saturated carbocycles. The highest BCUT2D eigenvalue weighted by molar-refractivity contribution is 7.13. The summed E-state index contributed by atoms with van der Waals surface area (Å²) in [5, 5.41) is 5.55. The molecule has 1 aromatic heterocycles. The van der Waals surface area contributed by atoms with E-state index in [-0.39, 0.29) is 23.8 Å². The van der Waals surface area contributed by atoms with Gasteiger partial charge in [0.25, 0.3) is 5.91 Å². The maximum atomic E-state index is 13.7. The highest BCUT2D eigenvalue weighted by Gasteiger charge is 2.57. The highest BCUT2D eigenvalue weighted by atomic mass is 32.1. The maximum Gasteiger partial charge on any atom is 0.254 e. The van der Waals surface area contributed by atoms with Crippen LogP contribution in [0, 0.1) is 0 Å². The molecule has 152 valence electrons. The van der Waals surface area contributed by atoms with Crippen molar-refractivity contribution in [1.82, 2.24) is 9.88 Å². The summed E-state index contributed by atoms with van der Waals surface area (Å²) in [6.07, 6.45) is 11.3. The summed E-state index contributed by atoms with van der Waals surface area (Å²) in [5.74, 6) is -0.236. The first-order valence-electron chi connectivity index (χ1n) is 10.8. The number of rotatable bonds is 3. The Balaban J connectivity index is 1.62. The van der Waals surface area contributed by atoms with Gasteiger partial charge in [-0.05, 0) is 37.3 Å². The van der Waals surface area contributed by atoms with Gasteiger partial charge in [-0.3, -0.25) is 9.59 Å². The molecule has 1 atom stereocenters. The molecule has 0 saturated heterocycles. The van der Waals surface area contributed by atoms with Crippen LogP contribution in [-0.4, -0.2) is 33.3 Å². The average molecular weight is 410 g/mol. The van der Waals surface area contributed by atoms with Crippen LogP contribution in [0.2, 0.25) is 0 Å². The molecular formula is C23H27N3O2S. The summed E-state index contributed by atoms with van der Waals surface area (Å²) < 4.78 is 0. The summed E-state index contributed by atoms with van der Waals surface area (Å²) in [7, 11) is 0. The molecular weight excluding hydrogens is 382 g/mol. The van der Waals surface area contributed by atoms with E-state index in [0.29, 0.717) is 10.7 Å². The Morgan fingerprint density at radius 2 is 1.86 bits per heavy atom. The average Bonchev–Trinajstić information content (AvgIpc) is 3.42. The van der Waals surface area contributed by atoms with Gasteiger partial charge in [0.05, 0.1) is 11.5 Å². The van der Waals surface area contributed by atoms with E-state index in [9.17, 15) is 9.59 Å². The Labute approximate surface area is 175 Å². The van der Waals surface area contributed by atoms with Crippen molar-refractivity contribution in [3.63, 3.8) is 0 Å². The first kappa shape index (κ1) is 18.8. The molecule has 2 aromatic rings. The molecule has 3 aliphatic rings. The molecule has 0 bridgehead atoms. The summed E-state index contributed by atoms with van der Waals surface area (Å²) in [6.45, 7) is 0. The minimum absolute atomic E-state index is 0.0254. The number of benzene rings is 1. The van der Waals surface area contributed by atoms with Crippen molar-refractivity contribution in [2.24, 2.45) is 0 Å². The second-order valence-electron chi connectivity index (χ2n) is 8.62. The van der Waals surface area contributed by atoms with E-state index in [2.05, 4.69) is 15.2 Å². The minimum atomic E-state index is -0.408. The van der Waals surface area contributed by atoms with Crippen molar-refractivity contribution in [2.75, 3.05) is 5.32 Å². The van der Waals surface area contributed by atoms with Crippen LogP contribution < -0.4 is 5.32 Å². The van der Waals surface area contributed by atoms with Gasteiger partial charge >= 0.3 is 0 Å². The molecule has 1 N–H and O–H groups in total. The zero-order chi connectivity index (χ0) is 19.8. The summed E-state index contributed by atoms with van der Waals surface area (Å²) in [5.41, 5.74) is 1.19. The lowest BCUT2D eigenvalue weighted by atomic mass is 9.69. The van der Waals surface area contributed by atoms with E-state index in [4.69, 9.17) is 0 Å². The Morgan fingerprint density at radius 3 is 2.59 bits per heavy atom. The molecule has 29 heavy (non-hydrogen) atoms. The standard InChI is InChI=1S/C23H27N3O2S/c27-20(25-22-24-14-15-29-22)19-17-10-4-5-11-18(17)21(28)26(16-8-2-1-3-9-16)23(19)12-6-7-13-23/h4-5,10-11,14-16,19H,1-3,6-9,12-13H2,(H,24,25,27)/t19-/m0/s1. The van der Waals surface area contributed by atoms with Crippen LogP contribution in [0.25, 0.3) is 0 Å². The fourth-order valence-corrected chi connectivity index (χ4v) is 6.47. The van der Waals surface area contributed by atoms with Crippen molar-refractivity contribution in [3.05, 3.63) is 47.0 Å². The first-order valence-corrected chi connectivity index (χ1v) is 11.7. The van der Waals surface area contributed by atoms with E-state index in [1.807, 2.05) is 29.6 Å². The molecule has 2 heterocycles. The predicted octanol–water partition coefficient (Wildman–Crippen LogP) is 4.97. The molecule has 5 rings (SSSR count). The topological polar surface area (TPSA) is 62.3 Å². The number of nitrogens with one attached hydrogen (secondary N) is 1. The summed E-state index contributed by atoms with van der Waals surface area (Å²) in [6, 6.07) is 8.00. The monoisotopic (exact) mass is 409 g/mol. The van der Waals surface area contributed by atoms with Crippen molar-refractivity contribution in [2.45, 2.75) is 75.3 Å². The molecule has 1 aromatic carbocycles. The molecule has 2 fully saturated rings. The number of carbonyl (C=O) groups is 2. The Bertz CT molecular complexity index is 899. The van der Waals surface area contributed by atoms with Crippen molar-refractivity contribution >= 4 is 28.3 Å². The van der Waals surface area contributed by atoms with Crippen LogP contribution in [0.5, 0.6) is 0 Å². The number of anilines is 1. The zero-order valence-electron chi connectivity index (χ0n) is 16.6. The van der Waals surface area contributed by atoms with Crippen molar-refractivity contribution < 1.29 is 9.59 Å². The Morgan fingerprint density at radius 1 is 1.10 bits per heavy atom. The predicted molar refractivity (Wildman–Crippen MR) is 114 cm³/mol. The third-order valence-electron chi connectivity index (χ3n) is 7.07. The summed E-state index contributed by atoms with van der Waals surface area (Å²) in [4.78, 5) is 33.8. The molecule has 5 nitrogen and oxygen atoms in total. The van der Waals surface area contributed by atoms with Crippen molar-refractivity contribution in [3.8, 4) is 0 Å². The van der Waals surface area contributed by atoms with Gasteiger partial charge in [-0.15, -0.1) is 11.3 Å². The second kappa shape index (κ2) is 7.56. The number of nitrogens with zero attached hydrogens (tertiary/aromatic N) is 2. The number of fused-ring (bicyclic) bond motifs is 1. The van der Waals surface area contributed by atoms with E-state index >= 15 is 0 Å². The molecule has 1 aliphatic heterocycles. The van der Waals surface area contributed by atoms with Gasteiger partial charge < -0.3 is 10.2 Å². The van der Waals surface area contributed by atoms with Crippen LogP contribution in [0.15, 0.2) is 35.8 Å². The van der Waals surface area contributed by atoms with Gasteiger partial charge in [0.2, 0.25) is 5.91 Å². The quantitative estimate of drug-likeness (QED) is 0.779. The molecule has 2 aliphatic carbocycles. The van der Waals surface area contributed by atoms with E-state index in [1.54, 1.807) is 6.20 Å². The Hall–Kier alpha value is -2.21. The third kappa shape index (κ3) is 3.08. The molecule has 1 spiro atoms. The van der Waals surface area contributed by atoms with Crippen LogP contribution in [0.1, 0.15) is 79.6 Å². The van der Waals surface area contributed by atoms with Crippen molar-refractivity contribution in [1.29, 1.82) is 0 Å². The molecule has 0 unspecified atom stereocenters. The smallest absolute Gasteiger partial charge is 0.254 e. The van der Waals surface area contributed by atoms with Gasteiger partial charge in [-0.1, -0.05) is 50.3 Å². The number of amides is 2. The number of hydrogen-bond acceptors (Lipinski definition) is 4. The van der Waals surface area contributed by atoms with Gasteiger partial charge in [-0.2, -0.15) is 0 Å². The van der Waals surface area contributed by atoms with Crippen LogP contribution in [0.3, 0.4) is 0 Å². The van der Waals surface area contributed by atoms with Gasteiger partial charge in [0.15, 0.2) is 5.13 Å². The molecule has 0 radical (unpaired) electrons. The summed E-state index contributed by atoms with van der Waals surface area (Å²) >= 11 is 1.43. The fourth-order valence-electron chi connectivity index (χ4n) is 5.94. The van der Waals surface area contributed by atoms with Gasteiger partial charge in [0, 0.05) is 23.2 Å². The number of thiazole rings is 1. The van der Waals surface area contributed by atoms with Crippen LogP contribution in [-0.2, 0) is 4.79 Å². The Kier molecular flexibility index (Phi) is 4.90. The minimum Gasteiger partial charge on any atom is -0.329 e. The number of hydrogen-bond donors (Lipinski definition) is 1. The highest BCUT2D eigenvalue weighted by Crippen LogP contribution is 2.52. The SMILES string of the molecule is O=C(Nc1nccs1)[C@@H]1c2ccccc2C(=O)N(C2CCCCC2)C12CCCC2. The molecule has 6 heteroatoms. The third-order valence-corrected chi connectivity index (χ3v) is 7.76. The normalized spacial score (nSPS) is 23.9. The van der Waals surface area contributed by atoms with E-state index < -0.39 is 5.54 Å². The van der Waals surface area contributed by atoms with Gasteiger partial charge in [-0.25, -0.2) is 4.98 Å². The lowest BCUT2D eigenvalue weighted by molar-refractivity contribution is -0.122. The van der Waals surface area contributed by atoms with Crippen LogP contribution >= 0.6 is 11.3 Å². The number of carbonyl (C=O) groups excluding carboxylic acids is 2. The first-order chi connectivity index (χ1) is 14.2. The lowest BCUT2D eigenvalue weighted by Gasteiger charge is -2.53. The fraction of sp³-hybridized carbons (Fsp3) is 0.522. The lowest BCUT2D eigenvalue weighted by Crippen LogP contribution is -2.63.